The fourth-order valence-corrected chi connectivity index (χ4v) is 5.26. The molecule has 0 aliphatic heterocycles. The van der Waals surface area contributed by atoms with E-state index in [2.05, 4.69) is 102 Å². The van der Waals surface area contributed by atoms with Crippen LogP contribution in [0.5, 0.6) is 5.75 Å². The van der Waals surface area contributed by atoms with Crippen LogP contribution in [-0.4, -0.2) is 24.6 Å². The number of phenolic OH excluding ortho intramolecular Hbond substituents is 1. The molecule has 0 aliphatic rings. The molecule has 0 atom stereocenters. The van der Waals surface area contributed by atoms with Gasteiger partial charge in [-0.2, -0.15) is 0 Å². The molecule has 1 N–H and O–H groups in total. The average molecular weight is 547 g/mol. The monoisotopic (exact) mass is 546 g/mol. The summed E-state index contributed by atoms with van der Waals surface area (Å²) in [6.07, 6.45) is 3.67. The standard InChI is InChI=1S/C36H42N4O/c1-34(2,3)24-18-22(28-13-11-12-15-37-28)17-23(19-24)30-31-29(14-16-38-30)40(10)33(39-31)26-20-25(35(4,5)6)21-27(32(26)41)36(7,8)9/h11-21,41H,1-10H3. The van der Waals surface area contributed by atoms with Gasteiger partial charge in [0.05, 0.1) is 22.5 Å². The van der Waals surface area contributed by atoms with Gasteiger partial charge in [0.25, 0.3) is 0 Å². The first-order valence-corrected chi connectivity index (χ1v) is 14.3. The van der Waals surface area contributed by atoms with Crippen LogP contribution in [0.1, 0.15) is 79.0 Å². The molecule has 3 aromatic heterocycles. The van der Waals surface area contributed by atoms with Crippen molar-refractivity contribution in [1.29, 1.82) is 0 Å². The maximum Gasteiger partial charge on any atom is 0.144 e. The Kier molecular flexibility index (Phi) is 6.84. The summed E-state index contributed by atoms with van der Waals surface area (Å²) in [6.45, 7) is 19.7. The number of aromatic hydroxyl groups is 1. The largest absolute Gasteiger partial charge is 0.507 e. The van der Waals surface area contributed by atoms with Crippen molar-refractivity contribution in [3.05, 3.63) is 83.7 Å². The molecule has 0 spiro atoms. The van der Waals surface area contributed by atoms with E-state index in [4.69, 9.17) is 9.97 Å². The van der Waals surface area contributed by atoms with E-state index < -0.39 is 0 Å². The van der Waals surface area contributed by atoms with Crippen LogP contribution in [0.2, 0.25) is 0 Å². The van der Waals surface area contributed by atoms with Crippen LogP contribution in [0.15, 0.2) is 67.0 Å². The average Bonchev–Trinajstić information content (AvgIpc) is 3.23. The molecule has 3 heterocycles. The summed E-state index contributed by atoms with van der Waals surface area (Å²) in [4.78, 5) is 14.7. The second kappa shape index (κ2) is 9.83. The fourth-order valence-electron chi connectivity index (χ4n) is 5.26. The van der Waals surface area contributed by atoms with Gasteiger partial charge in [-0.25, -0.2) is 4.98 Å². The summed E-state index contributed by atoms with van der Waals surface area (Å²) in [5, 5.41) is 11.6. The number of rotatable bonds is 3. The Morgan fingerprint density at radius 1 is 0.683 bits per heavy atom. The van der Waals surface area contributed by atoms with E-state index in [1.807, 2.05) is 43.7 Å². The first kappa shape index (κ1) is 28.5. The summed E-state index contributed by atoms with van der Waals surface area (Å²) in [5.74, 6) is 1.01. The summed E-state index contributed by atoms with van der Waals surface area (Å²) in [5.41, 5.74) is 9.20. The molecule has 0 saturated carbocycles. The molecular weight excluding hydrogens is 504 g/mol. The number of phenols is 1. The van der Waals surface area contributed by atoms with Gasteiger partial charge in [0, 0.05) is 36.1 Å². The van der Waals surface area contributed by atoms with Gasteiger partial charge < -0.3 is 9.67 Å². The summed E-state index contributed by atoms with van der Waals surface area (Å²) in [6, 6.07) is 18.8. The molecule has 0 aliphatic carbocycles. The number of hydrogen-bond acceptors (Lipinski definition) is 4. The molecule has 5 nitrogen and oxygen atoms in total. The number of hydrogen-bond donors (Lipinski definition) is 1. The van der Waals surface area contributed by atoms with Crippen LogP contribution in [-0.2, 0) is 23.3 Å². The summed E-state index contributed by atoms with van der Waals surface area (Å²) >= 11 is 0. The van der Waals surface area contributed by atoms with Crippen molar-refractivity contribution in [1.82, 2.24) is 19.5 Å². The van der Waals surface area contributed by atoms with E-state index in [1.165, 1.54) is 11.1 Å². The lowest BCUT2D eigenvalue weighted by Gasteiger charge is -2.27. The maximum atomic E-state index is 11.6. The Morgan fingerprint density at radius 2 is 1.34 bits per heavy atom. The molecule has 212 valence electrons. The molecule has 5 aromatic rings. The van der Waals surface area contributed by atoms with E-state index in [0.717, 1.165) is 50.5 Å². The van der Waals surface area contributed by atoms with E-state index in [-0.39, 0.29) is 22.0 Å². The minimum Gasteiger partial charge on any atom is -0.507 e. The van der Waals surface area contributed by atoms with Crippen LogP contribution in [0.3, 0.4) is 0 Å². The van der Waals surface area contributed by atoms with Gasteiger partial charge in [0.15, 0.2) is 0 Å². The molecule has 0 unspecified atom stereocenters. The van der Waals surface area contributed by atoms with Gasteiger partial charge in [0.2, 0.25) is 0 Å². The van der Waals surface area contributed by atoms with Gasteiger partial charge in [-0.05, 0) is 69.8 Å². The van der Waals surface area contributed by atoms with Gasteiger partial charge in [0.1, 0.15) is 17.1 Å². The molecular formula is C36H42N4O. The smallest absolute Gasteiger partial charge is 0.144 e. The van der Waals surface area contributed by atoms with Crippen LogP contribution >= 0.6 is 0 Å². The van der Waals surface area contributed by atoms with Crippen molar-refractivity contribution in [3.63, 3.8) is 0 Å². The van der Waals surface area contributed by atoms with Crippen LogP contribution in [0.25, 0.3) is 44.9 Å². The summed E-state index contributed by atoms with van der Waals surface area (Å²) in [7, 11) is 2.01. The highest BCUT2D eigenvalue weighted by atomic mass is 16.3. The third kappa shape index (κ3) is 5.38. The molecule has 0 radical (unpaired) electrons. The Bertz CT molecular complexity index is 1740. The van der Waals surface area contributed by atoms with Crippen molar-refractivity contribution < 1.29 is 5.11 Å². The van der Waals surface area contributed by atoms with Crippen molar-refractivity contribution >= 4 is 11.0 Å². The maximum absolute atomic E-state index is 11.6. The van der Waals surface area contributed by atoms with E-state index in [1.54, 1.807) is 0 Å². The van der Waals surface area contributed by atoms with Gasteiger partial charge in [-0.1, -0.05) is 74.4 Å². The third-order valence-electron chi connectivity index (χ3n) is 7.86. The quantitative estimate of drug-likeness (QED) is 0.245. The zero-order valence-electron chi connectivity index (χ0n) is 26.1. The first-order chi connectivity index (χ1) is 19.1. The van der Waals surface area contributed by atoms with Crippen LogP contribution in [0.4, 0.5) is 0 Å². The number of aromatic nitrogens is 4. The molecule has 5 rings (SSSR count). The number of imidazole rings is 1. The highest BCUT2D eigenvalue weighted by Crippen LogP contribution is 2.43. The number of pyridine rings is 2. The molecule has 5 heteroatoms. The van der Waals surface area contributed by atoms with Gasteiger partial charge in [-0.15, -0.1) is 0 Å². The Labute approximate surface area is 244 Å². The van der Waals surface area contributed by atoms with Crippen LogP contribution < -0.4 is 0 Å². The van der Waals surface area contributed by atoms with Crippen molar-refractivity contribution in [2.24, 2.45) is 7.05 Å². The summed E-state index contributed by atoms with van der Waals surface area (Å²) < 4.78 is 2.07. The lowest BCUT2D eigenvalue weighted by molar-refractivity contribution is 0.446. The second-order valence-corrected chi connectivity index (χ2v) is 14.2. The zero-order chi connectivity index (χ0) is 29.9. The number of fused-ring (bicyclic) bond motifs is 1. The Hall–Kier alpha value is -3.99. The minimum atomic E-state index is -0.229. The van der Waals surface area contributed by atoms with Gasteiger partial charge >= 0.3 is 0 Å². The number of benzene rings is 2. The topological polar surface area (TPSA) is 63.8 Å². The molecule has 41 heavy (non-hydrogen) atoms. The third-order valence-corrected chi connectivity index (χ3v) is 7.86. The Balaban J connectivity index is 1.78. The van der Waals surface area contributed by atoms with E-state index in [9.17, 15) is 5.11 Å². The minimum absolute atomic E-state index is 0.0642. The lowest BCUT2D eigenvalue weighted by Crippen LogP contribution is -2.17. The predicted octanol–water partition coefficient (Wildman–Crippen LogP) is 8.96. The fraction of sp³-hybridized carbons (Fsp3) is 0.361. The number of nitrogens with zero attached hydrogens (tertiary/aromatic N) is 4. The lowest BCUT2D eigenvalue weighted by atomic mass is 9.79. The van der Waals surface area contributed by atoms with Crippen LogP contribution in [0, 0.1) is 0 Å². The van der Waals surface area contributed by atoms with Crippen molar-refractivity contribution in [3.8, 4) is 39.7 Å². The highest BCUT2D eigenvalue weighted by molar-refractivity contribution is 5.93. The zero-order valence-corrected chi connectivity index (χ0v) is 26.1. The second-order valence-electron chi connectivity index (χ2n) is 14.2. The normalized spacial score (nSPS) is 12.7. The number of aryl methyl sites for hydroxylation is 1. The molecule has 0 bridgehead atoms. The molecule has 0 saturated heterocycles. The van der Waals surface area contributed by atoms with Gasteiger partial charge in [-0.3, -0.25) is 9.97 Å². The first-order valence-electron chi connectivity index (χ1n) is 14.3. The molecule has 0 fully saturated rings. The highest BCUT2D eigenvalue weighted by Gasteiger charge is 2.28. The predicted molar refractivity (Wildman–Crippen MR) is 170 cm³/mol. The SMILES string of the molecule is Cn1c(-c2cc(C(C)(C)C)cc(C(C)(C)C)c2O)nc2c(-c3cc(-c4ccccn4)cc(C(C)(C)C)c3)nccc21. The molecule has 0 amide bonds. The van der Waals surface area contributed by atoms with E-state index >= 15 is 0 Å². The molecule has 2 aromatic carbocycles. The van der Waals surface area contributed by atoms with Crippen molar-refractivity contribution in [2.45, 2.75) is 78.6 Å². The van der Waals surface area contributed by atoms with E-state index in [0.29, 0.717) is 0 Å². The Morgan fingerprint density at radius 3 is 1.95 bits per heavy atom. The van der Waals surface area contributed by atoms with Crippen molar-refractivity contribution in [2.75, 3.05) is 0 Å².